The number of carboxylic acid groups (broad SMARTS) is 1. The molecule has 0 aliphatic carbocycles. The lowest BCUT2D eigenvalue weighted by atomic mass is 10.1. The van der Waals surface area contributed by atoms with Crippen molar-refractivity contribution in [2.24, 2.45) is 0 Å². The highest BCUT2D eigenvalue weighted by molar-refractivity contribution is 7.98. The van der Waals surface area contributed by atoms with E-state index in [-0.39, 0.29) is 5.69 Å². The lowest BCUT2D eigenvalue weighted by Crippen LogP contribution is -1.95. The minimum absolute atomic E-state index is 0.0693. The van der Waals surface area contributed by atoms with Gasteiger partial charge in [-0.15, -0.1) is 11.8 Å². The molecule has 0 aliphatic rings. The number of aromatic carboxylic acids is 1. The molecule has 2 rings (SSSR count). The van der Waals surface area contributed by atoms with Gasteiger partial charge in [-0.05, 0) is 18.4 Å². The summed E-state index contributed by atoms with van der Waals surface area (Å²) in [4.78, 5) is 11.8. The highest BCUT2D eigenvalue weighted by Crippen LogP contribution is 2.36. The second kappa shape index (κ2) is 5.14. The molecule has 18 heavy (non-hydrogen) atoms. The van der Waals surface area contributed by atoms with E-state index in [1.165, 1.54) is 17.8 Å². The molecule has 94 valence electrons. The normalized spacial score (nSPS) is 10.3. The van der Waals surface area contributed by atoms with E-state index in [0.29, 0.717) is 5.69 Å². The molecule has 5 nitrogen and oxygen atoms in total. The van der Waals surface area contributed by atoms with Gasteiger partial charge in [0.2, 0.25) is 0 Å². The van der Waals surface area contributed by atoms with Crippen molar-refractivity contribution in [2.45, 2.75) is 4.90 Å². The second-order valence-corrected chi connectivity index (χ2v) is 4.33. The van der Waals surface area contributed by atoms with E-state index >= 15 is 0 Å². The molecule has 2 N–H and O–H groups in total. The van der Waals surface area contributed by atoms with E-state index in [0.717, 1.165) is 16.2 Å². The molecule has 1 aromatic carbocycles. The number of hydrogen-bond donors (Lipinski definition) is 2. The summed E-state index contributed by atoms with van der Waals surface area (Å²) in [6, 6.07) is 7.11. The maximum Gasteiger partial charge on any atom is 0.353 e. The third-order valence-electron chi connectivity index (χ3n) is 2.49. The van der Waals surface area contributed by atoms with Crippen molar-refractivity contribution in [1.29, 1.82) is 0 Å². The van der Waals surface area contributed by atoms with E-state index in [4.69, 9.17) is 9.84 Å². The van der Waals surface area contributed by atoms with Gasteiger partial charge in [0, 0.05) is 5.56 Å². The Morgan fingerprint density at radius 3 is 2.83 bits per heavy atom. The van der Waals surface area contributed by atoms with Crippen molar-refractivity contribution >= 4 is 17.7 Å². The lowest BCUT2D eigenvalue weighted by Gasteiger charge is -2.09. The molecule has 6 heteroatoms. The summed E-state index contributed by atoms with van der Waals surface area (Å²) in [7, 11) is 1.60. The number of H-pyrrole nitrogens is 1. The zero-order valence-electron chi connectivity index (χ0n) is 9.93. The van der Waals surface area contributed by atoms with Crippen molar-refractivity contribution in [2.75, 3.05) is 13.4 Å². The van der Waals surface area contributed by atoms with Crippen molar-refractivity contribution in [3.8, 4) is 17.0 Å². The van der Waals surface area contributed by atoms with Crippen LogP contribution in [0.1, 0.15) is 10.5 Å². The van der Waals surface area contributed by atoms with Gasteiger partial charge in [0.05, 0.1) is 17.7 Å². The van der Waals surface area contributed by atoms with Gasteiger partial charge < -0.3 is 9.84 Å². The summed E-state index contributed by atoms with van der Waals surface area (Å²) >= 11 is 1.53. The first kappa shape index (κ1) is 12.5. The van der Waals surface area contributed by atoms with Crippen molar-refractivity contribution in [3.63, 3.8) is 0 Å². The van der Waals surface area contributed by atoms with Crippen LogP contribution in [-0.4, -0.2) is 34.6 Å². The number of carboxylic acids is 1. The van der Waals surface area contributed by atoms with E-state index in [9.17, 15) is 4.79 Å². The first-order valence-electron chi connectivity index (χ1n) is 5.17. The van der Waals surface area contributed by atoms with Crippen LogP contribution in [0.15, 0.2) is 29.2 Å². The van der Waals surface area contributed by atoms with Gasteiger partial charge >= 0.3 is 5.97 Å². The second-order valence-electron chi connectivity index (χ2n) is 3.51. The van der Waals surface area contributed by atoms with Crippen molar-refractivity contribution in [3.05, 3.63) is 30.0 Å². The summed E-state index contributed by atoms with van der Waals surface area (Å²) in [5, 5.41) is 15.4. The average Bonchev–Trinajstić information content (AvgIpc) is 2.87. The standard InChI is InChI=1S/C12H12N2O3S/c1-17-10-5-3-4-7(11(10)18-2)8-6-9(12(15)16)14-13-8/h3-6H,1-2H3,(H,13,14)(H,15,16). The van der Waals surface area contributed by atoms with E-state index in [1.54, 1.807) is 7.11 Å². The summed E-state index contributed by atoms with van der Waals surface area (Å²) in [6.07, 6.45) is 1.94. The Hall–Kier alpha value is -1.95. The maximum absolute atomic E-state index is 10.8. The number of aromatic amines is 1. The van der Waals surface area contributed by atoms with Gasteiger partial charge in [-0.1, -0.05) is 12.1 Å². The summed E-state index contributed by atoms with van der Waals surface area (Å²) < 4.78 is 5.28. The summed E-state index contributed by atoms with van der Waals surface area (Å²) in [5.41, 5.74) is 1.51. The summed E-state index contributed by atoms with van der Waals surface area (Å²) in [6.45, 7) is 0. The lowest BCUT2D eigenvalue weighted by molar-refractivity contribution is 0.0690. The van der Waals surface area contributed by atoms with Gasteiger partial charge in [-0.25, -0.2) is 4.79 Å². The van der Waals surface area contributed by atoms with Crippen molar-refractivity contribution in [1.82, 2.24) is 10.2 Å². The van der Waals surface area contributed by atoms with Gasteiger partial charge in [0.15, 0.2) is 0 Å². The molecule has 0 radical (unpaired) electrons. The Morgan fingerprint density at radius 2 is 2.28 bits per heavy atom. The highest BCUT2D eigenvalue weighted by atomic mass is 32.2. The molecule has 1 heterocycles. The Balaban J connectivity index is 2.52. The molecule has 0 unspecified atom stereocenters. The quantitative estimate of drug-likeness (QED) is 0.830. The molecule has 0 bridgehead atoms. The monoisotopic (exact) mass is 264 g/mol. The minimum Gasteiger partial charge on any atom is -0.496 e. The zero-order valence-corrected chi connectivity index (χ0v) is 10.7. The molecule has 0 saturated heterocycles. The predicted molar refractivity (Wildman–Crippen MR) is 69.3 cm³/mol. The number of ether oxygens (including phenoxy) is 1. The van der Waals surface area contributed by atoms with Crippen LogP contribution in [-0.2, 0) is 0 Å². The molecule has 0 aliphatic heterocycles. The number of carbonyl (C=O) groups is 1. The molecular formula is C12H12N2O3S. The van der Waals surface area contributed by atoms with E-state index in [2.05, 4.69) is 10.2 Å². The summed E-state index contributed by atoms with van der Waals surface area (Å²) in [5.74, 6) is -0.276. The van der Waals surface area contributed by atoms with Crippen LogP contribution >= 0.6 is 11.8 Å². The van der Waals surface area contributed by atoms with E-state index in [1.807, 2.05) is 24.5 Å². The number of nitrogens with zero attached hydrogens (tertiary/aromatic N) is 1. The third-order valence-corrected chi connectivity index (χ3v) is 3.32. The number of methoxy groups -OCH3 is 1. The number of rotatable bonds is 4. The Morgan fingerprint density at radius 1 is 1.50 bits per heavy atom. The van der Waals surface area contributed by atoms with Crippen LogP contribution in [0.4, 0.5) is 0 Å². The molecule has 1 aromatic heterocycles. The SMILES string of the molecule is COc1cccc(-c2cc(C(=O)O)[nH]n2)c1SC. The fourth-order valence-electron chi connectivity index (χ4n) is 1.66. The van der Waals surface area contributed by atoms with Crippen LogP contribution in [0.25, 0.3) is 11.3 Å². The third kappa shape index (κ3) is 2.19. The first-order valence-corrected chi connectivity index (χ1v) is 6.40. The Kier molecular flexibility index (Phi) is 3.57. The highest BCUT2D eigenvalue weighted by Gasteiger charge is 2.14. The first-order chi connectivity index (χ1) is 8.67. The molecular weight excluding hydrogens is 252 g/mol. The van der Waals surface area contributed by atoms with Gasteiger partial charge in [-0.2, -0.15) is 5.10 Å². The number of nitrogens with one attached hydrogen (secondary N) is 1. The topological polar surface area (TPSA) is 75.2 Å². The van der Waals surface area contributed by atoms with Crippen LogP contribution in [0, 0.1) is 0 Å². The molecule has 0 amide bonds. The molecule has 0 atom stereocenters. The maximum atomic E-state index is 10.8. The number of thioether (sulfide) groups is 1. The minimum atomic E-state index is -1.03. The van der Waals surface area contributed by atoms with Crippen LogP contribution in [0.2, 0.25) is 0 Å². The van der Waals surface area contributed by atoms with E-state index < -0.39 is 5.97 Å². The van der Waals surface area contributed by atoms with Gasteiger partial charge in [0.25, 0.3) is 0 Å². The number of benzene rings is 1. The molecule has 0 saturated carbocycles. The number of aromatic nitrogens is 2. The largest absolute Gasteiger partial charge is 0.496 e. The van der Waals surface area contributed by atoms with Gasteiger partial charge in [-0.3, -0.25) is 5.10 Å². The Labute approximate surface area is 108 Å². The fraction of sp³-hybridized carbons (Fsp3) is 0.167. The predicted octanol–water partition coefficient (Wildman–Crippen LogP) is 2.51. The van der Waals surface area contributed by atoms with Crippen LogP contribution in [0.3, 0.4) is 0 Å². The smallest absolute Gasteiger partial charge is 0.353 e. The Bertz CT molecular complexity index is 580. The molecule has 0 fully saturated rings. The molecule has 2 aromatic rings. The van der Waals surface area contributed by atoms with Crippen molar-refractivity contribution < 1.29 is 14.6 Å². The average molecular weight is 264 g/mol. The molecule has 0 spiro atoms. The van der Waals surface area contributed by atoms with Gasteiger partial charge in [0.1, 0.15) is 11.4 Å². The fourth-order valence-corrected chi connectivity index (χ4v) is 2.40. The van der Waals surface area contributed by atoms with Crippen LogP contribution < -0.4 is 4.74 Å². The van der Waals surface area contributed by atoms with Crippen LogP contribution in [0.5, 0.6) is 5.75 Å². The number of hydrogen-bond acceptors (Lipinski definition) is 4. The zero-order chi connectivity index (χ0) is 13.1.